The van der Waals surface area contributed by atoms with Crippen molar-refractivity contribution in [2.45, 2.75) is 19.3 Å². The third kappa shape index (κ3) is 2.09. The molecule has 0 aliphatic heterocycles. The van der Waals surface area contributed by atoms with E-state index in [2.05, 4.69) is 0 Å². The number of carbonyl (C=O) groups is 1. The smallest absolute Gasteiger partial charge is 0.204 e. The van der Waals surface area contributed by atoms with Crippen molar-refractivity contribution in [3.63, 3.8) is 0 Å². The van der Waals surface area contributed by atoms with Crippen LogP contribution in [0.15, 0.2) is 24.3 Å². The summed E-state index contributed by atoms with van der Waals surface area (Å²) >= 11 is 13.6. The van der Waals surface area contributed by atoms with Gasteiger partial charge in [0, 0.05) is 15.5 Å². The van der Waals surface area contributed by atoms with Crippen LogP contribution in [0.3, 0.4) is 0 Å². The Morgan fingerprint density at radius 2 is 2.00 bits per heavy atom. The van der Waals surface area contributed by atoms with E-state index in [0.29, 0.717) is 15.6 Å². The number of hydrogen-bond acceptors (Lipinski definition) is 2. The molecule has 2 aromatic rings. The molecule has 0 radical (unpaired) electrons. The molecule has 0 fully saturated rings. The lowest BCUT2D eigenvalue weighted by Crippen LogP contribution is -1.99. The zero-order valence-corrected chi connectivity index (χ0v) is 11.8. The van der Waals surface area contributed by atoms with Gasteiger partial charge in [-0.05, 0) is 49.1 Å². The second-order valence-corrected chi connectivity index (χ2v) is 6.35. The first-order valence-electron chi connectivity index (χ1n) is 5.76. The van der Waals surface area contributed by atoms with Gasteiger partial charge in [-0.3, -0.25) is 4.79 Å². The van der Waals surface area contributed by atoms with Crippen molar-refractivity contribution in [1.29, 1.82) is 0 Å². The molecule has 0 bridgehead atoms. The monoisotopic (exact) mass is 296 g/mol. The fourth-order valence-electron chi connectivity index (χ4n) is 2.25. The van der Waals surface area contributed by atoms with Gasteiger partial charge in [-0.1, -0.05) is 23.2 Å². The minimum absolute atomic E-state index is 0.0260. The van der Waals surface area contributed by atoms with Gasteiger partial charge in [-0.15, -0.1) is 11.3 Å². The molecule has 0 unspecified atom stereocenters. The first-order chi connectivity index (χ1) is 8.65. The highest BCUT2D eigenvalue weighted by atomic mass is 35.5. The quantitative estimate of drug-likeness (QED) is 0.729. The van der Waals surface area contributed by atoms with Gasteiger partial charge in [-0.25, -0.2) is 0 Å². The highest BCUT2D eigenvalue weighted by Gasteiger charge is 2.20. The normalized spacial score (nSPS) is 13.7. The molecule has 0 N–H and O–H groups in total. The standard InChI is InChI=1S/C14H10Cl2OS/c15-9-4-5-11(16)10(7-9)14(17)13-6-8-2-1-3-12(8)18-13/h4-7H,1-3H2. The SMILES string of the molecule is O=C(c1cc2c(s1)CCC2)c1cc(Cl)ccc1Cl. The van der Waals surface area contributed by atoms with Gasteiger partial charge in [0.2, 0.25) is 5.78 Å². The van der Waals surface area contributed by atoms with Crippen LogP contribution < -0.4 is 0 Å². The molecule has 4 heteroatoms. The molecular weight excluding hydrogens is 287 g/mol. The number of hydrogen-bond donors (Lipinski definition) is 0. The Morgan fingerprint density at radius 1 is 1.17 bits per heavy atom. The number of aryl methyl sites for hydroxylation is 2. The van der Waals surface area contributed by atoms with Crippen molar-refractivity contribution < 1.29 is 4.79 Å². The lowest BCUT2D eigenvalue weighted by Gasteiger charge is -2.02. The molecule has 0 amide bonds. The third-order valence-corrected chi connectivity index (χ3v) is 4.94. The summed E-state index contributed by atoms with van der Waals surface area (Å²) < 4.78 is 0. The summed E-state index contributed by atoms with van der Waals surface area (Å²) in [5, 5.41) is 0.991. The van der Waals surface area contributed by atoms with Gasteiger partial charge >= 0.3 is 0 Å². The van der Waals surface area contributed by atoms with E-state index in [4.69, 9.17) is 23.2 Å². The molecular formula is C14H10Cl2OS. The fourth-order valence-corrected chi connectivity index (χ4v) is 3.83. The van der Waals surface area contributed by atoms with E-state index >= 15 is 0 Å². The van der Waals surface area contributed by atoms with Crippen LogP contribution in [0.4, 0.5) is 0 Å². The van der Waals surface area contributed by atoms with E-state index in [1.807, 2.05) is 6.07 Å². The maximum absolute atomic E-state index is 12.4. The van der Waals surface area contributed by atoms with Gasteiger partial charge in [-0.2, -0.15) is 0 Å². The van der Waals surface area contributed by atoms with E-state index in [1.54, 1.807) is 29.5 Å². The van der Waals surface area contributed by atoms with Crippen LogP contribution in [0.2, 0.25) is 10.0 Å². The second kappa shape index (κ2) is 4.69. The van der Waals surface area contributed by atoms with Gasteiger partial charge in [0.25, 0.3) is 0 Å². The first-order valence-corrected chi connectivity index (χ1v) is 7.34. The molecule has 0 saturated heterocycles. The van der Waals surface area contributed by atoms with E-state index < -0.39 is 0 Å². The number of fused-ring (bicyclic) bond motifs is 1. The zero-order chi connectivity index (χ0) is 12.7. The highest BCUT2D eigenvalue weighted by Crippen LogP contribution is 2.33. The van der Waals surface area contributed by atoms with Crippen LogP contribution in [-0.2, 0) is 12.8 Å². The maximum atomic E-state index is 12.4. The average Bonchev–Trinajstić information content (AvgIpc) is 2.91. The minimum atomic E-state index is -0.0260. The first kappa shape index (κ1) is 12.2. The molecule has 92 valence electrons. The maximum Gasteiger partial charge on any atom is 0.204 e. The Balaban J connectivity index is 2.01. The summed E-state index contributed by atoms with van der Waals surface area (Å²) in [6, 6.07) is 7.00. The number of benzene rings is 1. The predicted octanol–water partition coefficient (Wildman–Crippen LogP) is 4.77. The van der Waals surface area contributed by atoms with E-state index in [-0.39, 0.29) is 5.78 Å². The molecule has 0 saturated carbocycles. The van der Waals surface area contributed by atoms with Crippen molar-refractivity contribution in [2.24, 2.45) is 0 Å². The summed E-state index contributed by atoms with van der Waals surface area (Å²) in [6.07, 6.45) is 3.38. The van der Waals surface area contributed by atoms with Crippen molar-refractivity contribution in [1.82, 2.24) is 0 Å². The van der Waals surface area contributed by atoms with E-state index in [0.717, 1.165) is 17.7 Å². The van der Waals surface area contributed by atoms with Crippen LogP contribution in [0, 0.1) is 0 Å². The van der Waals surface area contributed by atoms with E-state index in [1.165, 1.54) is 16.9 Å². The van der Waals surface area contributed by atoms with Gasteiger partial charge < -0.3 is 0 Å². The molecule has 18 heavy (non-hydrogen) atoms. The molecule has 1 nitrogen and oxygen atoms in total. The molecule has 1 aliphatic rings. The van der Waals surface area contributed by atoms with Crippen molar-refractivity contribution in [3.8, 4) is 0 Å². The fraction of sp³-hybridized carbons (Fsp3) is 0.214. The van der Waals surface area contributed by atoms with Crippen molar-refractivity contribution >= 4 is 40.3 Å². The van der Waals surface area contributed by atoms with Crippen LogP contribution in [0.1, 0.15) is 32.1 Å². The molecule has 1 aromatic heterocycles. The molecule has 1 heterocycles. The lowest BCUT2D eigenvalue weighted by atomic mass is 10.1. The number of rotatable bonds is 2. The lowest BCUT2D eigenvalue weighted by molar-refractivity contribution is 0.104. The number of thiophene rings is 1. The Labute approximate surface area is 119 Å². The summed E-state index contributed by atoms with van der Waals surface area (Å²) in [5.41, 5.74) is 1.81. The van der Waals surface area contributed by atoms with Crippen molar-refractivity contribution in [3.05, 3.63) is 55.2 Å². The Kier molecular flexibility index (Phi) is 3.18. The number of ketones is 1. The van der Waals surface area contributed by atoms with Gasteiger partial charge in [0.1, 0.15) is 0 Å². The average molecular weight is 297 g/mol. The Hall–Kier alpha value is -0.830. The van der Waals surface area contributed by atoms with Gasteiger partial charge in [0.05, 0.1) is 9.90 Å². The second-order valence-electron chi connectivity index (χ2n) is 4.37. The summed E-state index contributed by atoms with van der Waals surface area (Å²) in [5.74, 6) is -0.0260. The Morgan fingerprint density at radius 3 is 2.78 bits per heavy atom. The molecule has 0 atom stereocenters. The van der Waals surface area contributed by atoms with Crippen LogP contribution in [-0.4, -0.2) is 5.78 Å². The van der Waals surface area contributed by atoms with Crippen LogP contribution in [0.25, 0.3) is 0 Å². The van der Waals surface area contributed by atoms with Gasteiger partial charge in [0.15, 0.2) is 0 Å². The van der Waals surface area contributed by atoms with Crippen molar-refractivity contribution in [2.75, 3.05) is 0 Å². The highest BCUT2D eigenvalue weighted by molar-refractivity contribution is 7.14. The molecule has 3 rings (SSSR count). The van der Waals surface area contributed by atoms with Crippen LogP contribution >= 0.6 is 34.5 Å². The minimum Gasteiger partial charge on any atom is -0.288 e. The summed E-state index contributed by atoms with van der Waals surface area (Å²) in [4.78, 5) is 14.5. The van der Waals surface area contributed by atoms with Crippen LogP contribution in [0.5, 0.6) is 0 Å². The Bertz CT molecular complexity index is 609. The topological polar surface area (TPSA) is 17.1 Å². The molecule has 1 aromatic carbocycles. The summed E-state index contributed by atoms with van der Waals surface area (Å²) in [7, 11) is 0. The molecule has 1 aliphatic carbocycles. The zero-order valence-electron chi connectivity index (χ0n) is 9.50. The number of halogens is 2. The van der Waals surface area contributed by atoms with E-state index in [9.17, 15) is 4.79 Å². The number of carbonyl (C=O) groups excluding carboxylic acids is 1. The summed E-state index contributed by atoms with van der Waals surface area (Å²) in [6.45, 7) is 0. The molecule has 0 spiro atoms. The largest absolute Gasteiger partial charge is 0.288 e. The predicted molar refractivity (Wildman–Crippen MR) is 76.2 cm³/mol. The third-order valence-electron chi connectivity index (χ3n) is 3.14.